The molecule has 0 aliphatic rings. The van der Waals surface area contributed by atoms with Crippen molar-refractivity contribution in [2.24, 2.45) is 0 Å². The first-order chi connectivity index (χ1) is 7.60. The van der Waals surface area contributed by atoms with Crippen LogP contribution in [0.5, 0.6) is 0 Å². The Morgan fingerprint density at radius 1 is 1.25 bits per heavy atom. The number of ether oxygens (including phenoxy) is 2. The summed E-state index contributed by atoms with van der Waals surface area (Å²) in [4.78, 5) is 32.3. The number of ketones is 1. The van der Waals surface area contributed by atoms with Crippen LogP contribution in [-0.4, -0.2) is 30.9 Å². The zero-order valence-electron chi connectivity index (χ0n) is 8.60. The molecule has 0 spiro atoms. The molecule has 0 atom stereocenters. The van der Waals surface area contributed by atoms with Crippen LogP contribution in [0.25, 0.3) is 0 Å². The molecule has 0 amide bonds. The highest BCUT2D eigenvalue weighted by Crippen LogP contribution is 1.92. The van der Waals surface area contributed by atoms with Gasteiger partial charge in [-0.25, -0.2) is 4.79 Å². The Morgan fingerprint density at radius 3 is 2.44 bits per heavy atom. The molecule has 0 saturated carbocycles. The number of hydrogen-bond donors (Lipinski definition) is 0. The van der Waals surface area contributed by atoms with Gasteiger partial charge in [-0.1, -0.05) is 6.58 Å². The lowest BCUT2D eigenvalue weighted by atomic mass is 10.2. The Hall–Kier alpha value is -2.16. The summed E-state index contributed by atoms with van der Waals surface area (Å²) in [6.45, 7) is 2.96. The number of nitriles is 1. The highest BCUT2D eigenvalue weighted by Gasteiger charge is 2.10. The Labute approximate surface area is 92.4 Å². The number of Topliss-reactive ketones (excluding diaryl/α,β-unsaturated/α-hetero) is 1. The summed E-state index contributed by atoms with van der Waals surface area (Å²) in [5.41, 5.74) is 0. The van der Waals surface area contributed by atoms with Crippen molar-refractivity contribution in [3.8, 4) is 6.07 Å². The fourth-order valence-electron chi connectivity index (χ4n) is 0.719. The van der Waals surface area contributed by atoms with Crippen LogP contribution in [0.15, 0.2) is 12.7 Å². The fraction of sp³-hybridized carbons (Fsp3) is 0.400. The van der Waals surface area contributed by atoms with E-state index in [2.05, 4.69) is 16.1 Å². The molecule has 0 unspecified atom stereocenters. The van der Waals surface area contributed by atoms with Gasteiger partial charge in [-0.15, -0.1) is 0 Å². The molecule has 86 valence electrons. The minimum atomic E-state index is -0.741. The quantitative estimate of drug-likeness (QED) is 0.264. The maximum absolute atomic E-state index is 10.9. The molecule has 0 aromatic carbocycles. The maximum atomic E-state index is 10.9. The number of hydrogen-bond acceptors (Lipinski definition) is 6. The molecule has 6 heteroatoms. The van der Waals surface area contributed by atoms with E-state index in [0.29, 0.717) is 0 Å². The van der Waals surface area contributed by atoms with Crippen LogP contribution in [0.3, 0.4) is 0 Å². The predicted octanol–water partition coefficient (Wildman–Crippen LogP) is 0.132. The third-order valence-electron chi connectivity index (χ3n) is 1.38. The third-order valence-corrected chi connectivity index (χ3v) is 1.38. The molecule has 0 rings (SSSR count). The number of nitrogens with zero attached hydrogens (tertiary/aromatic N) is 1. The summed E-state index contributed by atoms with van der Waals surface area (Å²) in [7, 11) is 0. The van der Waals surface area contributed by atoms with E-state index < -0.39 is 24.1 Å². The molecule has 0 aromatic heterocycles. The average Bonchev–Trinajstić information content (AvgIpc) is 2.24. The van der Waals surface area contributed by atoms with Gasteiger partial charge in [0.05, 0.1) is 12.5 Å². The van der Waals surface area contributed by atoms with Crippen molar-refractivity contribution in [2.75, 3.05) is 13.2 Å². The van der Waals surface area contributed by atoms with E-state index in [-0.39, 0.29) is 19.6 Å². The first-order valence-electron chi connectivity index (χ1n) is 4.43. The van der Waals surface area contributed by atoms with E-state index in [1.165, 1.54) is 0 Å². The zero-order chi connectivity index (χ0) is 12.4. The second kappa shape index (κ2) is 8.17. The predicted molar refractivity (Wildman–Crippen MR) is 52.0 cm³/mol. The van der Waals surface area contributed by atoms with Gasteiger partial charge in [-0.2, -0.15) is 5.26 Å². The highest BCUT2D eigenvalue weighted by molar-refractivity contribution is 5.96. The van der Waals surface area contributed by atoms with Gasteiger partial charge in [-0.05, 0) is 0 Å². The van der Waals surface area contributed by atoms with Crippen LogP contribution in [0.1, 0.15) is 12.8 Å². The number of esters is 2. The summed E-state index contributed by atoms with van der Waals surface area (Å²) < 4.78 is 9.10. The minimum absolute atomic E-state index is 0.0942. The zero-order valence-corrected chi connectivity index (χ0v) is 8.60. The van der Waals surface area contributed by atoms with Crippen LogP contribution >= 0.6 is 0 Å². The van der Waals surface area contributed by atoms with E-state index in [4.69, 9.17) is 5.26 Å². The maximum Gasteiger partial charge on any atom is 0.330 e. The van der Waals surface area contributed by atoms with Gasteiger partial charge in [-0.3, -0.25) is 9.59 Å². The Bertz CT molecular complexity index is 329. The lowest BCUT2D eigenvalue weighted by Crippen LogP contribution is -2.15. The van der Waals surface area contributed by atoms with Crippen molar-refractivity contribution in [1.82, 2.24) is 0 Å². The lowest BCUT2D eigenvalue weighted by molar-refractivity contribution is -0.151. The number of carbonyl (C=O) groups is 3. The van der Waals surface area contributed by atoms with Gasteiger partial charge in [0.25, 0.3) is 0 Å². The molecule has 0 saturated heterocycles. The molecule has 0 bridgehead atoms. The van der Waals surface area contributed by atoms with Crippen LogP contribution in [0.4, 0.5) is 0 Å². The third kappa shape index (κ3) is 7.26. The first kappa shape index (κ1) is 13.8. The van der Waals surface area contributed by atoms with Gasteiger partial charge in [0, 0.05) is 6.08 Å². The Balaban J connectivity index is 3.59. The number of rotatable bonds is 7. The van der Waals surface area contributed by atoms with E-state index in [1.54, 1.807) is 6.07 Å². The Kier molecular flexibility index (Phi) is 7.07. The monoisotopic (exact) mass is 225 g/mol. The molecule has 0 N–H and O–H groups in total. The van der Waals surface area contributed by atoms with Crippen molar-refractivity contribution in [1.29, 1.82) is 5.26 Å². The largest absolute Gasteiger partial charge is 0.462 e. The lowest BCUT2D eigenvalue weighted by Gasteiger charge is -2.03. The van der Waals surface area contributed by atoms with E-state index in [1.807, 2.05) is 0 Å². The second-order valence-corrected chi connectivity index (χ2v) is 2.64. The van der Waals surface area contributed by atoms with Crippen molar-refractivity contribution in [3.05, 3.63) is 12.7 Å². The van der Waals surface area contributed by atoms with Crippen LogP contribution in [0.2, 0.25) is 0 Å². The van der Waals surface area contributed by atoms with Crippen molar-refractivity contribution >= 4 is 17.7 Å². The molecule has 16 heavy (non-hydrogen) atoms. The number of carbonyl (C=O) groups excluding carboxylic acids is 3. The van der Waals surface area contributed by atoms with Crippen molar-refractivity contribution in [3.63, 3.8) is 0 Å². The SMILES string of the molecule is C=CC(=O)OCCOC(=O)CC(=O)CC#N. The first-order valence-corrected chi connectivity index (χ1v) is 4.43. The van der Waals surface area contributed by atoms with Crippen LogP contribution in [0, 0.1) is 11.3 Å². The minimum Gasteiger partial charge on any atom is -0.462 e. The second-order valence-electron chi connectivity index (χ2n) is 2.64. The molecule has 0 fully saturated rings. The van der Waals surface area contributed by atoms with Gasteiger partial charge in [0.2, 0.25) is 0 Å². The van der Waals surface area contributed by atoms with E-state index >= 15 is 0 Å². The van der Waals surface area contributed by atoms with E-state index in [9.17, 15) is 14.4 Å². The van der Waals surface area contributed by atoms with Gasteiger partial charge < -0.3 is 9.47 Å². The van der Waals surface area contributed by atoms with Gasteiger partial charge >= 0.3 is 11.9 Å². The van der Waals surface area contributed by atoms with Crippen molar-refractivity contribution in [2.45, 2.75) is 12.8 Å². The summed E-state index contributed by atoms with van der Waals surface area (Å²) in [5.74, 6) is -1.86. The Morgan fingerprint density at radius 2 is 1.88 bits per heavy atom. The molecule has 0 aromatic rings. The van der Waals surface area contributed by atoms with E-state index in [0.717, 1.165) is 6.08 Å². The standard InChI is InChI=1S/C10H11NO5/c1-2-9(13)15-5-6-16-10(14)7-8(12)3-4-11/h2H,1,3,5-7H2. The fourth-order valence-corrected chi connectivity index (χ4v) is 0.719. The topological polar surface area (TPSA) is 93.5 Å². The summed E-state index contributed by atoms with van der Waals surface area (Å²) in [6.07, 6.45) is 0.224. The molecular formula is C10H11NO5. The summed E-state index contributed by atoms with van der Waals surface area (Å²) in [5, 5.41) is 8.16. The van der Waals surface area contributed by atoms with Crippen molar-refractivity contribution < 1.29 is 23.9 Å². The molecule has 0 aliphatic heterocycles. The molecule has 0 aliphatic carbocycles. The average molecular weight is 225 g/mol. The molecule has 0 heterocycles. The molecule has 6 nitrogen and oxygen atoms in total. The van der Waals surface area contributed by atoms with Gasteiger partial charge in [0.1, 0.15) is 19.6 Å². The molecule has 0 radical (unpaired) electrons. The summed E-state index contributed by atoms with van der Waals surface area (Å²) >= 11 is 0. The summed E-state index contributed by atoms with van der Waals surface area (Å²) in [6, 6.07) is 1.62. The van der Waals surface area contributed by atoms with Gasteiger partial charge in [0.15, 0.2) is 5.78 Å². The molecular weight excluding hydrogens is 214 g/mol. The van der Waals surface area contributed by atoms with Crippen LogP contribution in [-0.2, 0) is 23.9 Å². The highest BCUT2D eigenvalue weighted by atomic mass is 16.6. The van der Waals surface area contributed by atoms with Crippen LogP contribution < -0.4 is 0 Å². The smallest absolute Gasteiger partial charge is 0.330 e. The normalized spacial score (nSPS) is 8.69.